The molecule has 3 nitrogen and oxygen atoms in total. The van der Waals surface area contributed by atoms with Crippen LogP contribution in [0.5, 0.6) is 0 Å². The summed E-state index contributed by atoms with van der Waals surface area (Å²) < 4.78 is 0. The molecule has 4 heteroatoms. The standard InChI is InChI=1S/C19H15N3S/c1-13-7-5-6-10-16(13)22-18-17-15(14-8-3-2-4-9-14)11-23-19(17)21-12-20-18/h2-12H,1H3,(H,20,21,22). The molecule has 1 N–H and O–H groups in total. The van der Waals surface area contributed by atoms with Crippen molar-refractivity contribution in [3.05, 3.63) is 71.9 Å². The lowest BCUT2D eigenvalue weighted by Crippen LogP contribution is -1.97. The Hall–Kier alpha value is -2.72. The second-order valence-corrected chi connectivity index (χ2v) is 6.22. The first-order valence-corrected chi connectivity index (χ1v) is 8.31. The van der Waals surface area contributed by atoms with Crippen LogP contribution in [0.2, 0.25) is 0 Å². The van der Waals surface area contributed by atoms with Gasteiger partial charge in [0.1, 0.15) is 17.0 Å². The van der Waals surface area contributed by atoms with Gasteiger partial charge in [-0.15, -0.1) is 11.3 Å². The number of para-hydroxylation sites is 1. The number of thiophene rings is 1. The van der Waals surface area contributed by atoms with Crippen LogP contribution in [-0.2, 0) is 0 Å². The van der Waals surface area contributed by atoms with Crippen LogP contribution in [0.3, 0.4) is 0 Å². The van der Waals surface area contributed by atoms with Gasteiger partial charge in [-0.3, -0.25) is 0 Å². The zero-order chi connectivity index (χ0) is 15.6. The average Bonchev–Trinajstić information content (AvgIpc) is 3.03. The maximum absolute atomic E-state index is 4.49. The van der Waals surface area contributed by atoms with Gasteiger partial charge in [-0.1, -0.05) is 48.5 Å². The molecule has 0 amide bonds. The fourth-order valence-corrected chi connectivity index (χ4v) is 3.56. The molecule has 2 aromatic carbocycles. The SMILES string of the molecule is Cc1ccccc1Nc1ncnc2scc(-c3ccccc3)c12. The van der Waals surface area contributed by atoms with Crippen LogP contribution < -0.4 is 5.32 Å². The number of aryl methyl sites for hydroxylation is 1. The Morgan fingerprint density at radius 1 is 0.913 bits per heavy atom. The minimum atomic E-state index is 0.851. The second-order valence-electron chi connectivity index (χ2n) is 5.36. The summed E-state index contributed by atoms with van der Waals surface area (Å²) >= 11 is 1.65. The van der Waals surface area contributed by atoms with Crippen LogP contribution >= 0.6 is 11.3 Å². The van der Waals surface area contributed by atoms with Crippen molar-refractivity contribution in [1.29, 1.82) is 0 Å². The third-order valence-electron chi connectivity index (χ3n) is 3.85. The van der Waals surface area contributed by atoms with Crippen molar-refractivity contribution in [2.45, 2.75) is 6.92 Å². The van der Waals surface area contributed by atoms with Gasteiger partial charge < -0.3 is 5.32 Å². The van der Waals surface area contributed by atoms with Gasteiger partial charge in [0.25, 0.3) is 0 Å². The maximum atomic E-state index is 4.49. The maximum Gasteiger partial charge on any atom is 0.143 e. The van der Waals surface area contributed by atoms with E-state index in [0.29, 0.717) is 0 Å². The Kier molecular flexibility index (Phi) is 3.52. The third-order valence-corrected chi connectivity index (χ3v) is 4.74. The molecule has 0 atom stereocenters. The molecule has 0 spiro atoms. The molecule has 0 aliphatic rings. The zero-order valence-electron chi connectivity index (χ0n) is 12.7. The molecule has 0 unspecified atom stereocenters. The minimum Gasteiger partial charge on any atom is -0.339 e. The number of nitrogens with zero attached hydrogens (tertiary/aromatic N) is 2. The van der Waals surface area contributed by atoms with Crippen molar-refractivity contribution in [2.75, 3.05) is 5.32 Å². The fourth-order valence-electron chi connectivity index (χ4n) is 2.64. The number of fused-ring (bicyclic) bond motifs is 1. The van der Waals surface area contributed by atoms with Gasteiger partial charge >= 0.3 is 0 Å². The summed E-state index contributed by atoms with van der Waals surface area (Å²) in [4.78, 5) is 9.90. The highest BCUT2D eigenvalue weighted by Gasteiger charge is 2.13. The summed E-state index contributed by atoms with van der Waals surface area (Å²) in [6, 6.07) is 18.6. The Balaban J connectivity index is 1.87. The van der Waals surface area contributed by atoms with Gasteiger partial charge in [0, 0.05) is 16.6 Å². The molecule has 2 heterocycles. The number of aromatic nitrogens is 2. The highest BCUT2D eigenvalue weighted by atomic mass is 32.1. The number of nitrogens with one attached hydrogen (secondary N) is 1. The van der Waals surface area contributed by atoms with Gasteiger partial charge in [0.05, 0.1) is 5.39 Å². The van der Waals surface area contributed by atoms with Crippen molar-refractivity contribution in [3.8, 4) is 11.1 Å². The number of benzene rings is 2. The van der Waals surface area contributed by atoms with Crippen molar-refractivity contribution >= 4 is 33.1 Å². The van der Waals surface area contributed by atoms with Crippen LogP contribution in [0, 0.1) is 6.92 Å². The highest BCUT2D eigenvalue weighted by molar-refractivity contribution is 7.17. The first kappa shape index (κ1) is 13.9. The molecule has 0 aliphatic carbocycles. The van der Waals surface area contributed by atoms with Crippen molar-refractivity contribution in [2.24, 2.45) is 0 Å². The summed E-state index contributed by atoms with van der Waals surface area (Å²) in [5.74, 6) is 0.851. The quantitative estimate of drug-likeness (QED) is 0.549. The fraction of sp³-hybridized carbons (Fsp3) is 0.0526. The molecule has 112 valence electrons. The molecule has 0 fully saturated rings. The molecule has 0 bridgehead atoms. The van der Waals surface area contributed by atoms with E-state index in [2.05, 4.69) is 64.0 Å². The molecular formula is C19H15N3S. The Labute approximate surface area is 138 Å². The van der Waals surface area contributed by atoms with Gasteiger partial charge in [-0.05, 0) is 24.1 Å². The average molecular weight is 317 g/mol. The number of hydrogen-bond acceptors (Lipinski definition) is 4. The Morgan fingerprint density at radius 2 is 1.70 bits per heavy atom. The predicted octanol–water partition coefficient (Wildman–Crippen LogP) is 5.41. The lowest BCUT2D eigenvalue weighted by Gasteiger charge is -2.10. The molecular weight excluding hydrogens is 302 g/mol. The lowest BCUT2D eigenvalue weighted by atomic mass is 10.1. The van der Waals surface area contributed by atoms with E-state index in [0.717, 1.165) is 21.7 Å². The number of rotatable bonds is 3. The van der Waals surface area contributed by atoms with Crippen LogP contribution in [0.1, 0.15) is 5.56 Å². The van der Waals surface area contributed by atoms with Crippen molar-refractivity contribution in [3.63, 3.8) is 0 Å². The molecule has 4 rings (SSSR count). The molecule has 0 aliphatic heterocycles. The monoisotopic (exact) mass is 317 g/mol. The van der Waals surface area contributed by atoms with E-state index in [1.807, 2.05) is 18.2 Å². The first-order chi connectivity index (χ1) is 11.3. The smallest absolute Gasteiger partial charge is 0.143 e. The molecule has 4 aromatic rings. The van der Waals surface area contributed by atoms with E-state index in [9.17, 15) is 0 Å². The largest absolute Gasteiger partial charge is 0.339 e. The molecule has 0 radical (unpaired) electrons. The highest BCUT2D eigenvalue weighted by Crippen LogP contribution is 2.37. The third kappa shape index (κ3) is 2.58. The summed E-state index contributed by atoms with van der Waals surface area (Å²) in [6.45, 7) is 2.09. The van der Waals surface area contributed by atoms with E-state index in [1.165, 1.54) is 16.7 Å². The van der Waals surface area contributed by atoms with Gasteiger partial charge in [-0.2, -0.15) is 0 Å². The van der Waals surface area contributed by atoms with Crippen LogP contribution in [0.25, 0.3) is 21.3 Å². The van der Waals surface area contributed by atoms with E-state index in [1.54, 1.807) is 17.7 Å². The zero-order valence-corrected chi connectivity index (χ0v) is 13.5. The second kappa shape index (κ2) is 5.82. The topological polar surface area (TPSA) is 37.8 Å². The van der Waals surface area contributed by atoms with Crippen molar-refractivity contribution < 1.29 is 0 Å². The van der Waals surface area contributed by atoms with Crippen LogP contribution in [-0.4, -0.2) is 9.97 Å². The Bertz CT molecular complexity index is 961. The summed E-state index contributed by atoms with van der Waals surface area (Å²) in [7, 11) is 0. The minimum absolute atomic E-state index is 0.851. The van der Waals surface area contributed by atoms with Gasteiger partial charge in [-0.25, -0.2) is 9.97 Å². The molecule has 23 heavy (non-hydrogen) atoms. The van der Waals surface area contributed by atoms with E-state index < -0.39 is 0 Å². The van der Waals surface area contributed by atoms with E-state index >= 15 is 0 Å². The molecule has 2 aromatic heterocycles. The summed E-state index contributed by atoms with van der Waals surface area (Å²) in [6.07, 6.45) is 1.62. The number of anilines is 2. The molecule has 0 saturated heterocycles. The lowest BCUT2D eigenvalue weighted by molar-refractivity contribution is 1.23. The van der Waals surface area contributed by atoms with Crippen LogP contribution in [0.4, 0.5) is 11.5 Å². The van der Waals surface area contributed by atoms with E-state index in [-0.39, 0.29) is 0 Å². The van der Waals surface area contributed by atoms with Gasteiger partial charge in [0.2, 0.25) is 0 Å². The first-order valence-electron chi connectivity index (χ1n) is 7.43. The van der Waals surface area contributed by atoms with Crippen LogP contribution in [0.15, 0.2) is 66.3 Å². The number of hydrogen-bond donors (Lipinski definition) is 1. The predicted molar refractivity (Wildman–Crippen MR) is 97.3 cm³/mol. The summed E-state index contributed by atoms with van der Waals surface area (Å²) in [5, 5.41) is 6.69. The van der Waals surface area contributed by atoms with E-state index in [4.69, 9.17) is 0 Å². The Morgan fingerprint density at radius 3 is 2.52 bits per heavy atom. The van der Waals surface area contributed by atoms with Crippen molar-refractivity contribution in [1.82, 2.24) is 9.97 Å². The molecule has 0 saturated carbocycles. The summed E-state index contributed by atoms with van der Waals surface area (Å²) in [5.41, 5.74) is 4.61. The van der Waals surface area contributed by atoms with Gasteiger partial charge in [0.15, 0.2) is 0 Å². The normalized spacial score (nSPS) is 10.8.